The van der Waals surface area contributed by atoms with Gasteiger partial charge >= 0.3 is 5.35 Å². The summed E-state index contributed by atoms with van der Waals surface area (Å²) >= 11 is 5.58. The molecule has 72 valence electrons. The van der Waals surface area contributed by atoms with Gasteiger partial charge in [0, 0.05) is 5.92 Å². The van der Waals surface area contributed by atoms with Crippen LogP contribution in [0.25, 0.3) is 0 Å². The normalized spacial score (nSPS) is 24.7. The van der Waals surface area contributed by atoms with Crippen molar-refractivity contribution in [1.82, 2.24) is 10.2 Å². The molecule has 0 aliphatic heterocycles. The standard InChI is InChI=1S/C9H13ClN2O/c1-8(2)5(9(8,3)4)6-11-12-7(10)13-6/h5H,1-4H3. The van der Waals surface area contributed by atoms with E-state index < -0.39 is 0 Å². The average Bonchev–Trinajstić information content (AvgIpc) is 2.32. The maximum atomic E-state index is 5.58. The van der Waals surface area contributed by atoms with E-state index in [-0.39, 0.29) is 16.2 Å². The van der Waals surface area contributed by atoms with Gasteiger partial charge in [-0.3, -0.25) is 0 Å². The largest absolute Gasteiger partial charge is 0.412 e. The fourth-order valence-electron chi connectivity index (χ4n) is 2.15. The second-order valence-corrected chi connectivity index (χ2v) is 5.09. The topological polar surface area (TPSA) is 38.9 Å². The Morgan fingerprint density at radius 2 is 1.69 bits per heavy atom. The van der Waals surface area contributed by atoms with E-state index in [9.17, 15) is 0 Å². The molecule has 4 heteroatoms. The Labute approximate surface area is 82.5 Å². The molecule has 1 saturated carbocycles. The SMILES string of the molecule is CC1(C)C(c2nnc(Cl)o2)C1(C)C. The Balaban J connectivity index is 2.32. The molecule has 1 aromatic heterocycles. The van der Waals surface area contributed by atoms with Crippen molar-refractivity contribution < 1.29 is 4.42 Å². The summed E-state index contributed by atoms with van der Waals surface area (Å²) in [6.07, 6.45) is 0. The van der Waals surface area contributed by atoms with E-state index in [1.54, 1.807) is 0 Å². The fraction of sp³-hybridized carbons (Fsp3) is 0.778. The Morgan fingerprint density at radius 3 is 2.00 bits per heavy atom. The molecule has 0 unspecified atom stereocenters. The third kappa shape index (κ3) is 1.03. The molecule has 0 amide bonds. The minimum atomic E-state index is 0.133. The van der Waals surface area contributed by atoms with Crippen molar-refractivity contribution in [3.8, 4) is 0 Å². The summed E-state index contributed by atoms with van der Waals surface area (Å²) < 4.78 is 5.22. The number of rotatable bonds is 1. The van der Waals surface area contributed by atoms with E-state index in [0.29, 0.717) is 11.8 Å². The molecule has 1 heterocycles. The molecule has 1 aliphatic rings. The molecule has 1 aliphatic carbocycles. The monoisotopic (exact) mass is 200 g/mol. The van der Waals surface area contributed by atoms with Crippen LogP contribution >= 0.6 is 11.6 Å². The fourth-order valence-corrected chi connectivity index (χ4v) is 2.26. The predicted molar refractivity (Wildman–Crippen MR) is 49.6 cm³/mol. The molecule has 13 heavy (non-hydrogen) atoms. The van der Waals surface area contributed by atoms with Gasteiger partial charge in [-0.05, 0) is 22.4 Å². The van der Waals surface area contributed by atoms with Gasteiger partial charge in [-0.25, -0.2) is 0 Å². The van der Waals surface area contributed by atoms with Crippen LogP contribution in [-0.4, -0.2) is 10.2 Å². The molecule has 0 aromatic carbocycles. The van der Waals surface area contributed by atoms with Crippen molar-refractivity contribution in [2.45, 2.75) is 33.6 Å². The molecule has 0 atom stereocenters. The van der Waals surface area contributed by atoms with Crippen molar-refractivity contribution >= 4 is 11.6 Å². The number of hydrogen-bond acceptors (Lipinski definition) is 3. The van der Waals surface area contributed by atoms with Crippen molar-refractivity contribution in [2.75, 3.05) is 0 Å². The zero-order valence-electron chi connectivity index (χ0n) is 8.26. The van der Waals surface area contributed by atoms with Gasteiger partial charge in [0.2, 0.25) is 5.89 Å². The lowest BCUT2D eigenvalue weighted by Crippen LogP contribution is -1.95. The van der Waals surface area contributed by atoms with Crippen LogP contribution in [0.15, 0.2) is 4.42 Å². The molecule has 0 spiro atoms. The second-order valence-electron chi connectivity index (χ2n) is 4.77. The molecule has 0 N–H and O–H groups in total. The summed E-state index contributed by atoms with van der Waals surface area (Å²) in [6, 6.07) is 0. The Kier molecular flexibility index (Phi) is 1.57. The van der Waals surface area contributed by atoms with Gasteiger partial charge in [-0.1, -0.05) is 32.8 Å². The summed E-state index contributed by atoms with van der Waals surface area (Å²) in [6.45, 7) is 8.82. The summed E-state index contributed by atoms with van der Waals surface area (Å²) in [7, 11) is 0. The van der Waals surface area contributed by atoms with Crippen LogP contribution in [0.5, 0.6) is 0 Å². The Morgan fingerprint density at radius 1 is 1.15 bits per heavy atom. The van der Waals surface area contributed by atoms with Gasteiger partial charge in [-0.15, -0.1) is 5.10 Å². The van der Waals surface area contributed by atoms with Crippen LogP contribution < -0.4 is 0 Å². The molecule has 3 nitrogen and oxygen atoms in total. The van der Waals surface area contributed by atoms with Gasteiger partial charge in [0.15, 0.2) is 0 Å². The molecule has 2 rings (SSSR count). The smallest absolute Gasteiger partial charge is 0.312 e. The predicted octanol–water partition coefficient (Wildman–Crippen LogP) is 2.87. The maximum Gasteiger partial charge on any atom is 0.312 e. The number of nitrogens with zero attached hydrogens (tertiary/aromatic N) is 2. The Bertz CT molecular complexity index is 329. The van der Waals surface area contributed by atoms with Crippen LogP contribution in [0, 0.1) is 10.8 Å². The highest BCUT2D eigenvalue weighted by Gasteiger charge is 2.67. The highest BCUT2D eigenvalue weighted by molar-refractivity contribution is 6.27. The Hall–Kier alpha value is -0.570. The van der Waals surface area contributed by atoms with E-state index in [2.05, 4.69) is 37.9 Å². The van der Waals surface area contributed by atoms with E-state index >= 15 is 0 Å². The minimum absolute atomic E-state index is 0.133. The van der Waals surface area contributed by atoms with Crippen LogP contribution in [0.2, 0.25) is 5.35 Å². The van der Waals surface area contributed by atoms with Gasteiger partial charge in [0.25, 0.3) is 0 Å². The lowest BCUT2D eigenvalue weighted by molar-refractivity contribution is 0.457. The average molecular weight is 201 g/mol. The number of aromatic nitrogens is 2. The summed E-state index contributed by atoms with van der Waals surface area (Å²) in [5.41, 5.74) is 0.450. The molecule has 0 bridgehead atoms. The lowest BCUT2D eigenvalue weighted by Gasteiger charge is -2.03. The third-order valence-electron chi connectivity index (χ3n) is 3.68. The molecular formula is C9H13ClN2O. The van der Waals surface area contributed by atoms with Crippen LogP contribution in [-0.2, 0) is 0 Å². The van der Waals surface area contributed by atoms with Gasteiger partial charge in [0.1, 0.15) is 0 Å². The van der Waals surface area contributed by atoms with Crippen LogP contribution in [0.3, 0.4) is 0 Å². The first kappa shape index (κ1) is 9.00. The first-order chi connectivity index (χ1) is 5.87. The van der Waals surface area contributed by atoms with Gasteiger partial charge in [0.05, 0.1) is 0 Å². The molecule has 0 radical (unpaired) electrons. The quantitative estimate of drug-likeness (QED) is 0.700. The van der Waals surface area contributed by atoms with Gasteiger partial charge < -0.3 is 4.42 Å². The minimum Gasteiger partial charge on any atom is -0.412 e. The summed E-state index contributed by atoms with van der Waals surface area (Å²) in [4.78, 5) is 0. The molecule has 1 aromatic rings. The number of hydrogen-bond donors (Lipinski definition) is 0. The lowest BCUT2D eigenvalue weighted by atomic mass is 10.0. The van der Waals surface area contributed by atoms with Crippen molar-refractivity contribution in [1.29, 1.82) is 0 Å². The zero-order chi connectivity index (χ0) is 9.85. The zero-order valence-corrected chi connectivity index (χ0v) is 9.01. The van der Waals surface area contributed by atoms with E-state index in [1.807, 2.05) is 0 Å². The highest BCUT2D eigenvalue weighted by atomic mass is 35.5. The van der Waals surface area contributed by atoms with Crippen LogP contribution in [0.4, 0.5) is 0 Å². The van der Waals surface area contributed by atoms with Crippen molar-refractivity contribution in [2.24, 2.45) is 10.8 Å². The molecular weight excluding hydrogens is 188 g/mol. The third-order valence-corrected chi connectivity index (χ3v) is 3.84. The number of halogens is 1. The maximum absolute atomic E-state index is 5.58. The van der Waals surface area contributed by atoms with E-state index in [0.717, 1.165) is 0 Å². The summed E-state index contributed by atoms with van der Waals surface area (Å²) in [5, 5.41) is 7.71. The van der Waals surface area contributed by atoms with E-state index in [1.165, 1.54) is 0 Å². The second kappa shape index (κ2) is 2.27. The van der Waals surface area contributed by atoms with Crippen molar-refractivity contribution in [3.63, 3.8) is 0 Å². The van der Waals surface area contributed by atoms with Crippen molar-refractivity contribution in [3.05, 3.63) is 11.2 Å². The van der Waals surface area contributed by atoms with Gasteiger partial charge in [-0.2, -0.15) is 0 Å². The first-order valence-electron chi connectivity index (χ1n) is 4.36. The van der Waals surface area contributed by atoms with Crippen LogP contribution in [0.1, 0.15) is 39.5 Å². The highest BCUT2D eigenvalue weighted by Crippen LogP contribution is 2.73. The molecule has 1 fully saturated rings. The molecule has 0 saturated heterocycles. The van der Waals surface area contributed by atoms with E-state index in [4.69, 9.17) is 16.0 Å². The first-order valence-corrected chi connectivity index (χ1v) is 4.74. The summed E-state index contributed by atoms with van der Waals surface area (Å²) in [5.74, 6) is 1.000.